The molecule has 17 heteroatoms. The van der Waals surface area contributed by atoms with Crippen LogP contribution in [0, 0.1) is 24.7 Å². The number of aromatic nitrogens is 5. The van der Waals surface area contributed by atoms with Crippen molar-refractivity contribution < 1.29 is 47.8 Å². The molecule has 2 atom stereocenters. The molecule has 4 aromatic heterocycles. The van der Waals surface area contributed by atoms with E-state index in [1.54, 1.807) is 20.4 Å². The number of aliphatic hydroxyl groups is 1. The van der Waals surface area contributed by atoms with Gasteiger partial charge in [0.15, 0.2) is 23.0 Å². The number of piperidine rings is 2. The zero-order valence-electron chi connectivity index (χ0n) is 43.6. The van der Waals surface area contributed by atoms with Crippen LogP contribution in [0.4, 0.5) is 0 Å². The molecule has 0 bridgehead atoms. The van der Waals surface area contributed by atoms with Gasteiger partial charge in [-0.2, -0.15) is 0 Å². The second-order valence-electron chi connectivity index (χ2n) is 21.2. The van der Waals surface area contributed by atoms with Crippen LogP contribution in [0.1, 0.15) is 74.4 Å². The highest BCUT2D eigenvalue weighted by molar-refractivity contribution is 5.90. The van der Waals surface area contributed by atoms with Crippen molar-refractivity contribution >= 4 is 49.5 Å². The van der Waals surface area contributed by atoms with Crippen molar-refractivity contribution in [1.82, 2.24) is 34.7 Å². The summed E-state index contributed by atoms with van der Waals surface area (Å²) in [6, 6.07) is 23.4. The Morgan fingerprint density at radius 3 is 2.14 bits per heavy atom. The third-order valence-corrected chi connectivity index (χ3v) is 16.3. The van der Waals surface area contributed by atoms with Crippen molar-refractivity contribution in [3.05, 3.63) is 102 Å². The Balaban J connectivity index is 0.645. The monoisotopic (exact) mass is 1030 g/mol. The minimum absolute atomic E-state index is 0.0397. The summed E-state index contributed by atoms with van der Waals surface area (Å²) < 4.78 is 48.8. The van der Waals surface area contributed by atoms with E-state index in [1.807, 2.05) is 66.4 Å². The number of pyridine rings is 1. The topological polar surface area (TPSA) is 188 Å². The van der Waals surface area contributed by atoms with Crippen LogP contribution in [0.3, 0.4) is 0 Å². The van der Waals surface area contributed by atoms with Gasteiger partial charge in [0.05, 0.1) is 69.8 Å². The molecule has 4 aliphatic heterocycles. The van der Waals surface area contributed by atoms with E-state index in [4.69, 9.17) is 37.9 Å². The standard InChI is InChI=1S/C59H65N7O10/c1-36-25-38-26-39(9-11-44(38)63-36)76-57-43-29-50(70-4)52(31-47(43)61-35-62-57)73-24-6-8-54(68)66-21-16-59(17-22-66)34-74-56(59)55-37(2)64-45-12-10-40(27-42(45)55)75-48-13-18-60-46-30-51(49(69-3)28-41(46)48)72-23-5-7-53(67)65-19-14-58(15-20-65)32-71-33-58/h9-13,18,25-31,35,54,56,63-64,68H,5-8,14-17,19-24,32-34H2,1-4H3. The Morgan fingerprint density at radius 2 is 1.43 bits per heavy atom. The number of amides is 1. The molecule has 17 nitrogen and oxygen atoms in total. The van der Waals surface area contributed by atoms with Gasteiger partial charge in [-0.15, -0.1) is 0 Å². The van der Waals surface area contributed by atoms with Crippen molar-refractivity contribution in [2.24, 2.45) is 10.8 Å². The second kappa shape index (κ2) is 20.7. The summed E-state index contributed by atoms with van der Waals surface area (Å²) in [6.45, 7) is 10.4. The number of hydrogen-bond acceptors (Lipinski definition) is 14. The summed E-state index contributed by atoms with van der Waals surface area (Å²) in [6.07, 6.45) is 8.63. The molecule has 3 N–H and O–H groups in total. The number of nitrogens with zero attached hydrogens (tertiary/aromatic N) is 5. The molecule has 4 aliphatic rings. The minimum Gasteiger partial charge on any atom is -0.493 e. The van der Waals surface area contributed by atoms with Gasteiger partial charge in [-0.1, -0.05) is 0 Å². The Morgan fingerprint density at radius 1 is 0.724 bits per heavy atom. The first-order chi connectivity index (χ1) is 37.1. The highest BCUT2D eigenvalue weighted by atomic mass is 16.5. The lowest BCUT2D eigenvalue weighted by molar-refractivity contribution is -0.218. The summed E-state index contributed by atoms with van der Waals surface area (Å²) in [7, 11) is 3.23. The number of methoxy groups -OCH3 is 2. The Labute approximate surface area is 440 Å². The Bertz CT molecular complexity index is 3430. The average Bonchev–Trinajstić information content (AvgIpc) is 3.97. The zero-order valence-corrected chi connectivity index (χ0v) is 43.6. The van der Waals surface area contributed by atoms with Gasteiger partial charge in [-0.3, -0.25) is 14.7 Å². The van der Waals surface area contributed by atoms with Crippen LogP contribution in [0.5, 0.6) is 46.1 Å². The molecule has 4 fully saturated rings. The van der Waals surface area contributed by atoms with Crippen molar-refractivity contribution in [1.29, 1.82) is 0 Å². The Hall–Kier alpha value is -7.18. The van der Waals surface area contributed by atoms with E-state index in [-0.39, 0.29) is 17.4 Å². The second-order valence-corrected chi connectivity index (χ2v) is 21.2. The number of likely N-dealkylation sites (tertiary alicyclic amines) is 2. The van der Waals surface area contributed by atoms with Gasteiger partial charge in [0, 0.05) is 106 Å². The number of benzene rings is 4. The van der Waals surface area contributed by atoms with Crippen LogP contribution < -0.4 is 28.4 Å². The van der Waals surface area contributed by atoms with Crippen LogP contribution in [-0.2, 0) is 14.3 Å². The highest BCUT2D eigenvalue weighted by Crippen LogP contribution is 2.55. The largest absolute Gasteiger partial charge is 0.493 e. The third kappa shape index (κ3) is 9.69. The fourth-order valence-corrected chi connectivity index (χ4v) is 11.7. The lowest BCUT2D eigenvalue weighted by Gasteiger charge is -2.54. The van der Waals surface area contributed by atoms with Gasteiger partial charge in [0.2, 0.25) is 11.8 Å². The molecule has 0 aliphatic carbocycles. The number of carbonyl (C=O) groups excluding carboxylic acids is 1. The normalized spacial score (nSPS) is 18.5. The molecule has 2 unspecified atom stereocenters. The summed E-state index contributed by atoms with van der Waals surface area (Å²) in [4.78, 5) is 37.7. The van der Waals surface area contributed by atoms with E-state index >= 15 is 0 Å². The predicted molar refractivity (Wildman–Crippen MR) is 287 cm³/mol. The first-order valence-electron chi connectivity index (χ1n) is 26.6. The predicted octanol–water partition coefficient (Wildman–Crippen LogP) is 10.5. The zero-order chi connectivity index (χ0) is 52.0. The van der Waals surface area contributed by atoms with Crippen molar-refractivity contribution in [3.63, 3.8) is 0 Å². The molecule has 0 saturated carbocycles. The van der Waals surface area contributed by atoms with Gasteiger partial charge in [0.25, 0.3) is 0 Å². The summed E-state index contributed by atoms with van der Waals surface area (Å²) in [5, 5.41) is 15.0. The van der Waals surface area contributed by atoms with Gasteiger partial charge in [-0.25, -0.2) is 9.97 Å². The minimum atomic E-state index is -0.596. The van der Waals surface area contributed by atoms with Crippen molar-refractivity contribution in [2.75, 3.05) is 73.4 Å². The fourth-order valence-electron chi connectivity index (χ4n) is 11.7. The molecule has 8 heterocycles. The van der Waals surface area contributed by atoms with Crippen LogP contribution in [0.2, 0.25) is 0 Å². The lowest BCUT2D eigenvalue weighted by atomic mass is 9.68. The maximum absolute atomic E-state index is 13.0. The number of aromatic amines is 2. The SMILES string of the molecule is COc1cc2c(Oc3ccc4[nH]c(C)c(C5OCC56CCN(C(O)CCCOc5cc7ncnc(Oc8ccc9[nH]c(C)cc9c8)c7cc5OC)CC6)c4c3)ccnc2cc1OCCCC(=O)N1CCC2(CC1)COC2. The number of carbonyl (C=O) groups is 1. The fraction of sp³-hybridized carbons (Fsp3) is 0.424. The van der Waals surface area contributed by atoms with E-state index < -0.39 is 6.23 Å². The maximum Gasteiger partial charge on any atom is 0.230 e. The van der Waals surface area contributed by atoms with Gasteiger partial charge in [-0.05, 0) is 119 Å². The molecule has 2 spiro atoms. The molecule has 396 valence electrons. The van der Waals surface area contributed by atoms with Crippen molar-refractivity contribution in [3.8, 4) is 46.1 Å². The number of aliphatic hydroxyl groups excluding tert-OH is 1. The van der Waals surface area contributed by atoms with Crippen LogP contribution >= 0.6 is 0 Å². The molecule has 76 heavy (non-hydrogen) atoms. The molecular formula is C59H65N7O10. The number of rotatable bonds is 18. The van der Waals surface area contributed by atoms with Crippen LogP contribution in [0.25, 0.3) is 43.6 Å². The summed E-state index contributed by atoms with van der Waals surface area (Å²) in [5.74, 6) is 4.85. The van der Waals surface area contributed by atoms with E-state index in [1.165, 1.54) is 6.33 Å². The number of ether oxygens (including phenoxy) is 8. The third-order valence-electron chi connectivity index (χ3n) is 16.3. The molecule has 0 radical (unpaired) electrons. The van der Waals surface area contributed by atoms with Crippen LogP contribution in [0.15, 0.2) is 85.3 Å². The number of nitrogens with one attached hydrogen (secondary N) is 2. The number of H-pyrrole nitrogens is 2. The van der Waals surface area contributed by atoms with E-state index in [0.29, 0.717) is 113 Å². The average molecular weight is 1030 g/mol. The van der Waals surface area contributed by atoms with Gasteiger partial charge >= 0.3 is 0 Å². The highest BCUT2D eigenvalue weighted by Gasteiger charge is 2.52. The van der Waals surface area contributed by atoms with E-state index in [0.717, 1.165) is 109 Å². The van der Waals surface area contributed by atoms with Gasteiger partial charge < -0.3 is 57.9 Å². The number of fused-ring (bicyclic) bond motifs is 4. The van der Waals surface area contributed by atoms with Gasteiger partial charge in [0.1, 0.15) is 29.8 Å². The summed E-state index contributed by atoms with van der Waals surface area (Å²) in [5.41, 5.74) is 7.00. The number of aryl methyl sites for hydroxylation is 2. The lowest BCUT2D eigenvalue weighted by Crippen LogP contribution is -2.54. The van der Waals surface area contributed by atoms with Crippen LogP contribution in [-0.4, -0.2) is 125 Å². The van der Waals surface area contributed by atoms with E-state index in [2.05, 4.69) is 54.9 Å². The number of hydrogen-bond donors (Lipinski definition) is 3. The van der Waals surface area contributed by atoms with Crippen molar-refractivity contribution in [2.45, 2.75) is 77.5 Å². The first kappa shape index (κ1) is 49.7. The molecule has 12 rings (SSSR count). The molecule has 4 saturated heterocycles. The van der Waals surface area contributed by atoms with E-state index in [9.17, 15) is 9.90 Å². The maximum atomic E-state index is 13.0. The summed E-state index contributed by atoms with van der Waals surface area (Å²) >= 11 is 0. The Kier molecular flexibility index (Phi) is 13.6. The molecule has 4 aromatic carbocycles. The first-order valence-corrected chi connectivity index (χ1v) is 26.6. The molecule has 1 amide bonds. The quantitative estimate of drug-likeness (QED) is 0.0689. The molecular weight excluding hydrogens is 967 g/mol. The smallest absolute Gasteiger partial charge is 0.230 e. The molecule has 8 aromatic rings.